The second-order valence-corrected chi connectivity index (χ2v) is 9.49. The molecule has 0 saturated heterocycles. The van der Waals surface area contributed by atoms with Gasteiger partial charge in [-0.15, -0.1) is 11.8 Å². The first-order valence-electron chi connectivity index (χ1n) is 10.6. The topological polar surface area (TPSA) is 112 Å². The number of ketones is 1. The van der Waals surface area contributed by atoms with Gasteiger partial charge >= 0.3 is 12.6 Å². The first-order chi connectivity index (χ1) is 16.7. The van der Waals surface area contributed by atoms with Crippen molar-refractivity contribution in [3.8, 4) is 17.0 Å². The van der Waals surface area contributed by atoms with E-state index in [1.807, 2.05) is 13.8 Å². The van der Waals surface area contributed by atoms with Gasteiger partial charge in [-0.3, -0.25) is 14.3 Å². The summed E-state index contributed by atoms with van der Waals surface area (Å²) in [7, 11) is 0. The summed E-state index contributed by atoms with van der Waals surface area (Å²) in [6.45, 7) is 0.437. The van der Waals surface area contributed by atoms with Crippen molar-refractivity contribution in [2.24, 2.45) is 0 Å². The first kappa shape index (κ1) is 24.3. The highest BCUT2D eigenvalue weighted by Crippen LogP contribution is 2.37. The van der Waals surface area contributed by atoms with Crippen LogP contribution in [-0.2, 0) is 17.8 Å². The molecule has 0 radical (unpaired) electrons. The number of alkyl halides is 2. The highest BCUT2D eigenvalue weighted by Gasteiger charge is 2.23. The molecular weight excluding hydrogens is 480 g/mol. The van der Waals surface area contributed by atoms with Crippen molar-refractivity contribution in [2.75, 3.05) is 0 Å². The molecule has 4 aromatic rings. The minimum atomic E-state index is -3.08. The van der Waals surface area contributed by atoms with Gasteiger partial charge in [0.05, 0.1) is 17.5 Å². The number of hydrogen-bond acceptors (Lipinski definition) is 7. The Kier molecular flexibility index (Phi) is 7.10. The Bertz CT molecular complexity index is 1390. The van der Waals surface area contributed by atoms with Gasteiger partial charge in [0.2, 0.25) is 0 Å². The first-order valence-corrected chi connectivity index (χ1v) is 11.4. The molecule has 0 fully saturated rings. The van der Waals surface area contributed by atoms with E-state index < -0.39 is 19.1 Å². The largest absolute Gasteiger partial charge is 0.480 e. The van der Waals surface area contributed by atoms with E-state index in [1.54, 1.807) is 24.4 Å². The van der Waals surface area contributed by atoms with E-state index in [0.717, 1.165) is 9.58 Å². The third kappa shape index (κ3) is 5.65. The predicted molar refractivity (Wildman–Crippen MR) is 124 cm³/mol. The van der Waals surface area contributed by atoms with Gasteiger partial charge in [-0.1, -0.05) is 13.8 Å². The fourth-order valence-electron chi connectivity index (χ4n) is 3.57. The number of carbonyl (C=O) groups is 2. The molecule has 0 aliphatic heterocycles. The van der Waals surface area contributed by atoms with Crippen LogP contribution in [0.2, 0.25) is 0 Å². The Balaban J connectivity index is 1.79. The Morgan fingerprint density at radius 2 is 2.06 bits per heavy atom. The van der Waals surface area contributed by atoms with Crippen LogP contribution in [0.4, 0.5) is 8.78 Å². The number of thioether (sulfide) groups is 1. The van der Waals surface area contributed by atoms with E-state index in [2.05, 4.69) is 15.2 Å². The molecule has 0 saturated carbocycles. The van der Waals surface area contributed by atoms with Gasteiger partial charge in [0, 0.05) is 46.3 Å². The van der Waals surface area contributed by atoms with Gasteiger partial charge in [0.25, 0.3) is 0 Å². The van der Waals surface area contributed by atoms with Gasteiger partial charge in [-0.2, -0.15) is 19.0 Å². The van der Waals surface area contributed by atoms with E-state index in [-0.39, 0.29) is 40.0 Å². The SMILES string of the molecule is CC(C)Sc1ccc(OC(F)F)c(-c2nn(CC(=O)O)cc2CC(=O)c2cnn3cccnc23)c1. The van der Waals surface area contributed by atoms with Gasteiger partial charge in [-0.25, -0.2) is 9.50 Å². The highest BCUT2D eigenvalue weighted by molar-refractivity contribution is 7.99. The van der Waals surface area contributed by atoms with Crippen LogP contribution in [0.25, 0.3) is 16.9 Å². The summed E-state index contributed by atoms with van der Waals surface area (Å²) >= 11 is 1.51. The molecule has 0 aliphatic carbocycles. The second kappa shape index (κ2) is 10.2. The van der Waals surface area contributed by atoms with Crippen LogP contribution in [0.1, 0.15) is 29.8 Å². The van der Waals surface area contributed by atoms with Crippen LogP contribution < -0.4 is 4.74 Å². The van der Waals surface area contributed by atoms with Gasteiger partial charge in [-0.05, 0) is 24.3 Å². The standard InChI is InChI=1S/C23H21F2N5O4S/c1-13(2)35-15-4-5-19(34-23(24)25)16(9-15)21-14(11-29(28-21)12-20(32)33)8-18(31)17-10-27-30-7-3-6-26-22(17)30/h3-7,9-11,13,23H,8,12H2,1-2H3,(H,32,33). The van der Waals surface area contributed by atoms with Crippen LogP contribution in [0.15, 0.2) is 53.9 Å². The summed E-state index contributed by atoms with van der Waals surface area (Å²) < 4.78 is 33.6. The number of hydrogen-bond donors (Lipinski definition) is 1. The van der Waals surface area contributed by atoms with Crippen LogP contribution in [0, 0.1) is 0 Å². The Morgan fingerprint density at radius 3 is 2.77 bits per heavy atom. The molecule has 12 heteroatoms. The van der Waals surface area contributed by atoms with Crippen molar-refractivity contribution >= 4 is 29.2 Å². The molecule has 3 heterocycles. The minimum absolute atomic E-state index is 0.125. The van der Waals surface area contributed by atoms with E-state index in [4.69, 9.17) is 4.74 Å². The maximum atomic E-state index is 13.2. The lowest BCUT2D eigenvalue weighted by atomic mass is 10.0. The lowest BCUT2D eigenvalue weighted by Crippen LogP contribution is -2.09. The van der Waals surface area contributed by atoms with Crippen LogP contribution in [0.3, 0.4) is 0 Å². The van der Waals surface area contributed by atoms with Crippen molar-refractivity contribution in [1.82, 2.24) is 24.4 Å². The molecule has 0 amide bonds. The number of carbonyl (C=O) groups excluding carboxylic acids is 1. The summed E-state index contributed by atoms with van der Waals surface area (Å²) in [5.41, 5.74) is 1.42. The predicted octanol–water partition coefficient (Wildman–Crippen LogP) is 4.20. The van der Waals surface area contributed by atoms with Crippen molar-refractivity contribution < 1.29 is 28.2 Å². The zero-order chi connectivity index (χ0) is 25.1. The molecule has 0 atom stereocenters. The summed E-state index contributed by atoms with van der Waals surface area (Å²) in [5, 5.41) is 17.9. The smallest absolute Gasteiger partial charge is 0.387 e. The number of carboxylic acid groups (broad SMARTS) is 1. The number of rotatable bonds is 10. The zero-order valence-corrected chi connectivity index (χ0v) is 19.6. The fraction of sp³-hybridized carbons (Fsp3) is 0.261. The van der Waals surface area contributed by atoms with E-state index in [9.17, 15) is 23.5 Å². The quantitative estimate of drug-likeness (QED) is 0.254. The molecule has 182 valence electrons. The molecule has 1 aromatic carbocycles. The molecule has 35 heavy (non-hydrogen) atoms. The van der Waals surface area contributed by atoms with Crippen LogP contribution in [-0.4, -0.2) is 53.1 Å². The Hall–Kier alpha value is -3.80. The van der Waals surface area contributed by atoms with Crippen molar-refractivity contribution in [1.29, 1.82) is 0 Å². The molecule has 4 rings (SSSR count). The fourth-order valence-corrected chi connectivity index (χ4v) is 4.45. The van der Waals surface area contributed by atoms with Crippen molar-refractivity contribution in [3.05, 3.63) is 60.2 Å². The number of ether oxygens (including phenoxy) is 1. The maximum absolute atomic E-state index is 13.2. The number of benzene rings is 1. The van der Waals surface area contributed by atoms with Gasteiger partial charge in [0.1, 0.15) is 12.3 Å². The van der Waals surface area contributed by atoms with E-state index in [1.165, 1.54) is 40.9 Å². The summed E-state index contributed by atoms with van der Waals surface area (Å²) in [4.78, 5) is 29.4. The Labute approximate surface area is 202 Å². The maximum Gasteiger partial charge on any atom is 0.387 e. The lowest BCUT2D eigenvalue weighted by molar-refractivity contribution is -0.137. The summed E-state index contributed by atoms with van der Waals surface area (Å²) in [6, 6.07) is 6.41. The molecule has 0 aliphatic rings. The van der Waals surface area contributed by atoms with Crippen molar-refractivity contribution in [3.63, 3.8) is 0 Å². The van der Waals surface area contributed by atoms with Crippen LogP contribution in [0.5, 0.6) is 5.75 Å². The lowest BCUT2D eigenvalue weighted by Gasteiger charge is -2.13. The number of nitrogens with zero attached hydrogens (tertiary/aromatic N) is 5. The average molecular weight is 502 g/mol. The van der Waals surface area contributed by atoms with Gasteiger partial charge < -0.3 is 9.84 Å². The minimum Gasteiger partial charge on any atom is -0.480 e. The van der Waals surface area contributed by atoms with Gasteiger partial charge in [0.15, 0.2) is 11.4 Å². The average Bonchev–Trinajstić information content (AvgIpc) is 3.37. The zero-order valence-electron chi connectivity index (χ0n) is 18.8. The molecule has 9 nitrogen and oxygen atoms in total. The third-order valence-corrected chi connectivity index (χ3v) is 5.86. The molecule has 0 bridgehead atoms. The summed E-state index contributed by atoms with van der Waals surface area (Å²) in [6.07, 6.45) is 5.84. The van der Waals surface area contributed by atoms with Crippen molar-refractivity contribution in [2.45, 2.75) is 43.6 Å². The number of fused-ring (bicyclic) bond motifs is 1. The monoisotopic (exact) mass is 501 g/mol. The normalized spacial score (nSPS) is 11.5. The number of aliphatic carboxylic acids is 1. The molecule has 1 N–H and O–H groups in total. The highest BCUT2D eigenvalue weighted by atomic mass is 32.2. The molecule has 0 unspecified atom stereocenters. The number of aromatic nitrogens is 5. The Morgan fingerprint density at radius 1 is 1.26 bits per heavy atom. The van der Waals surface area contributed by atoms with Crippen LogP contribution >= 0.6 is 11.8 Å². The molecule has 0 spiro atoms. The molecule has 3 aromatic heterocycles. The third-order valence-electron chi connectivity index (χ3n) is 4.86. The molecular formula is C23H21F2N5O4S. The van der Waals surface area contributed by atoms with E-state index >= 15 is 0 Å². The number of Topliss-reactive ketones (excluding diaryl/α,β-unsaturated/α-hetero) is 1. The number of carboxylic acids is 1. The summed E-state index contributed by atoms with van der Waals surface area (Å²) in [5.74, 6) is -1.60. The number of halogens is 2. The second-order valence-electron chi connectivity index (χ2n) is 7.84. The van der Waals surface area contributed by atoms with E-state index in [0.29, 0.717) is 11.2 Å².